The molecule has 1 atom stereocenters. The summed E-state index contributed by atoms with van der Waals surface area (Å²) in [6, 6.07) is 14.8. The molecule has 1 N–H and O–H groups in total. The number of benzene rings is 2. The number of hydrogen-bond donors (Lipinski definition) is 1. The van der Waals surface area contributed by atoms with Gasteiger partial charge in [-0.1, -0.05) is 24.3 Å². The molecule has 0 spiro atoms. The van der Waals surface area contributed by atoms with Gasteiger partial charge < -0.3 is 14.2 Å². The summed E-state index contributed by atoms with van der Waals surface area (Å²) in [6.07, 6.45) is -0.138. The average Bonchev–Trinajstić information content (AvgIpc) is 2.86. The molecule has 1 unspecified atom stereocenters. The first-order valence-electron chi connectivity index (χ1n) is 11.5. The molecule has 2 heterocycles. The summed E-state index contributed by atoms with van der Waals surface area (Å²) in [6.45, 7) is 5.01. The molecule has 0 aliphatic carbocycles. The molecule has 4 rings (SSSR count). The van der Waals surface area contributed by atoms with E-state index in [1.807, 2.05) is 54.4 Å². The summed E-state index contributed by atoms with van der Waals surface area (Å²) in [5, 5.41) is 2.45. The third-order valence-corrected chi connectivity index (χ3v) is 5.73. The zero-order valence-corrected chi connectivity index (χ0v) is 19.5. The van der Waals surface area contributed by atoms with E-state index in [2.05, 4.69) is 10.4 Å². The Morgan fingerprint density at radius 3 is 2.62 bits per heavy atom. The molecule has 3 aromatic rings. The molecular weight excluding hydrogens is 436 g/mol. The van der Waals surface area contributed by atoms with E-state index < -0.39 is 6.10 Å². The summed E-state index contributed by atoms with van der Waals surface area (Å²) in [4.78, 5) is 29.8. The number of rotatable bonds is 9. The lowest BCUT2D eigenvalue weighted by Gasteiger charge is -2.28. The van der Waals surface area contributed by atoms with Gasteiger partial charge >= 0.3 is 0 Å². The van der Waals surface area contributed by atoms with E-state index in [4.69, 9.17) is 14.2 Å². The van der Waals surface area contributed by atoms with Crippen molar-refractivity contribution in [1.29, 1.82) is 0 Å². The number of hydrazine groups is 1. The number of ether oxygens (including phenoxy) is 3. The van der Waals surface area contributed by atoms with Crippen molar-refractivity contribution in [2.45, 2.75) is 26.1 Å². The van der Waals surface area contributed by atoms with Crippen molar-refractivity contribution < 1.29 is 19.0 Å². The third-order valence-electron chi connectivity index (χ3n) is 5.73. The monoisotopic (exact) mass is 466 g/mol. The van der Waals surface area contributed by atoms with Crippen molar-refractivity contribution in [3.05, 3.63) is 70.3 Å². The first-order valence-corrected chi connectivity index (χ1v) is 11.5. The number of carbonyl (C=O) groups is 1. The minimum absolute atomic E-state index is 0.100. The van der Waals surface area contributed by atoms with Gasteiger partial charge in [0.05, 0.1) is 24.1 Å². The number of fused-ring (bicyclic) bond motifs is 1. The van der Waals surface area contributed by atoms with E-state index in [1.165, 1.54) is 4.57 Å². The van der Waals surface area contributed by atoms with Gasteiger partial charge in [-0.05, 0) is 36.8 Å². The fraction of sp³-hybridized carbons (Fsp3) is 0.400. The maximum atomic E-state index is 12.7. The van der Waals surface area contributed by atoms with Crippen LogP contribution in [0.4, 0.5) is 0 Å². The number of morpholine rings is 1. The molecule has 1 aliphatic rings. The Kier molecular flexibility index (Phi) is 7.89. The minimum atomic E-state index is -0.587. The highest BCUT2D eigenvalue weighted by molar-refractivity contribution is 5.80. The van der Waals surface area contributed by atoms with Crippen molar-refractivity contribution in [1.82, 2.24) is 20.0 Å². The number of amides is 1. The lowest BCUT2D eigenvalue weighted by Crippen LogP contribution is -2.52. The zero-order valence-electron chi connectivity index (χ0n) is 19.5. The molecule has 1 aliphatic heterocycles. The Labute approximate surface area is 198 Å². The molecule has 2 aromatic carbocycles. The maximum absolute atomic E-state index is 12.7. The van der Waals surface area contributed by atoms with E-state index >= 15 is 0 Å². The van der Waals surface area contributed by atoms with Crippen LogP contribution < -0.4 is 15.7 Å². The highest BCUT2D eigenvalue weighted by atomic mass is 16.5. The lowest BCUT2D eigenvalue weighted by atomic mass is 10.1. The highest BCUT2D eigenvalue weighted by Crippen LogP contribution is 2.16. The van der Waals surface area contributed by atoms with Gasteiger partial charge in [0.1, 0.15) is 24.3 Å². The van der Waals surface area contributed by atoms with Crippen molar-refractivity contribution in [2.75, 3.05) is 32.9 Å². The molecule has 9 heteroatoms. The Morgan fingerprint density at radius 1 is 1.15 bits per heavy atom. The summed E-state index contributed by atoms with van der Waals surface area (Å²) in [5.74, 6) is 1.04. The molecule has 1 amide bonds. The van der Waals surface area contributed by atoms with Crippen LogP contribution >= 0.6 is 0 Å². The Bertz CT molecular complexity index is 1170. The summed E-state index contributed by atoms with van der Waals surface area (Å²) in [5.41, 5.74) is 4.43. The van der Waals surface area contributed by atoms with E-state index in [1.54, 1.807) is 13.1 Å². The molecule has 0 bridgehead atoms. The van der Waals surface area contributed by atoms with Crippen LogP contribution in [0.25, 0.3) is 10.9 Å². The van der Waals surface area contributed by atoms with Gasteiger partial charge in [-0.15, -0.1) is 0 Å². The maximum Gasteiger partial charge on any atom is 0.263 e. The first-order chi connectivity index (χ1) is 16.5. The van der Waals surface area contributed by atoms with E-state index in [0.29, 0.717) is 61.8 Å². The average molecular weight is 467 g/mol. The van der Waals surface area contributed by atoms with Gasteiger partial charge in [0.25, 0.3) is 11.5 Å². The summed E-state index contributed by atoms with van der Waals surface area (Å²) < 4.78 is 18.4. The molecule has 180 valence electrons. The van der Waals surface area contributed by atoms with Gasteiger partial charge in [-0.2, -0.15) is 0 Å². The molecule has 1 fully saturated rings. The second kappa shape index (κ2) is 11.2. The van der Waals surface area contributed by atoms with Crippen LogP contribution in [-0.2, 0) is 34.3 Å². The number of carbonyl (C=O) groups excluding carboxylic acids is 1. The number of aromatic nitrogens is 2. The second-order valence-electron chi connectivity index (χ2n) is 8.07. The van der Waals surface area contributed by atoms with Crippen molar-refractivity contribution in [3.8, 4) is 5.75 Å². The second-order valence-corrected chi connectivity index (χ2v) is 8.07. The number of hydrogen-bond acceptors (Lipinski definition) is 7. The zero-order chi connectivity index (χ0) is 23.9. The largest absolute Gasteiger partial charge is 0.486 e. The molecular formula is C25H30N4O5. The quantitative estimate of drug-likeness (QED) is 0.514. The van der Waals surface area contributed by atoms with E-state index in [-0.39, 0.29) is 18.1 Å². The van der Waals surface area contributed by atoms with E-state index in [9.17, 15) is 9.59 Å². The van der Waals surface area contributed by atoms with Crippen LogP contribution in [-0.4, -0.2) is 59.5 Å². The van der Waals surface area contributed by atoms with Crippen LogP contribution in [0.15, 0.2) is 53.3 Å². The van der Waals surface area contributed by atoms with Crippen molar-refractivity contribution in [3.63, 3.8) is 0 Å². The molecule has 0 radical (unpaired) electrons. The molecule has 34 heavy (non-hydrogen) atoms. The fourth-order valence-corrected chi connectivity index (χ4v) is 3.81. The van der Waals surface area contributed by atoms with Gasteiger partial charge in [0.15, 0.2) is 0 Å². The fourth-order valence-electron chi connectivity index (χ4n) is 3.81. The Balaban J connectivity index is 1.37. The molecule has 1 saturated heterocycles. The predicted molar refractivity (Wildman–Crippen MR) is 127 cm³/mol. The van der Waals surface area contributed by atoms with Gasteiger partial charge in [0.2, 0.25) is 0 Å². The van der Waals surface area contributed by atoms with E-state index in [0.717, 1.165) is 5.56 Å². The minimum Gasteiger partial charge on any atom is -0.486 e. The SMILES string of the molecule is CCOC(Cc1ccc(OCc2nc3ccccc3c(=O)n2C)cc1)C(=O)NN1CCOCC1. The highest BCUT2D eigenvalue weighted by Gasteiger charge is 2.22. The summed E-state index contributed by atoms with van der Waals surface area (Å²) in [7, 11) is 1.69. The van der Waals surface area contributed by atoms with Crippen LogP contribution in [0.1, 0.15) is 18.3 Å². The van der Waals surface area contributed by atoms with Gasteiger partial charge in [-0.3, -0.25) is 19.6 Å². The van der Waals surface area contributed by atoms with Gasteiger partial charge in [-0.25, -0.2) is 9.99 Å². The molecule has 0 saturated carbocycles. The normalized spacial score (nSPS) is 15.2. The molecule has 1 aromatic heterocycles. The standard InChI is InChI=1S/C25H30N4O5/c1-3-33-22(24(30)27-29-12-14-32-15-13-29)16-18-8-10-19(11-9-18)34-17-23-26-21-7-5-4-6-20(21)25(31)28(23)2/h4-11,22H,3,12-17H2,1-2H3,(H,27,30). The Hall–Kier alpha value is -3.27. The first kappa shape index (κ1) is 23.9. The van der Waals surface area contributed by atoms with Crippen LogP contribution in [0.2, 0.25) is 0 Å². The van der Waals surface area contributed by atoms with Crippen molar-refractivity contribution in [2.24, 2.45) is 7.05 Å². The summed E-state index contributed by atoms with van der Waals surface area (Å²) >= 11 is 0. The molecule has 9 nitrogen and oxygen atoms in total. The smallest absolute Gasteiger partial charge is 0.263 e. The van der Waals surface area contributed by atoms with Crippen LogP contribution in [0.5, 0.6) is 5.75 Å². The Morgan fingerprint density at radius 2 is 1.88 bits per heavy atom. The van der Waals surface area contributed by atoms with Crippen molar-refractivity contribution >= 4 is 16.8 Å². The number of nitrogens with one attached hydrogen (secondary N) is 1. The number of para-hydroxylation sites is 1. The van der Waals surface area contributed by atoms with Gasteiger partial charge in [0, 0.05) is 33.2 Å². The topological polar surface area (TPSA) is 94.9 Å². The number of nitrogens with zero attached hydrogens (tertiary/aromatic N) is 3. The van der Waals surface area contributed by atoms with Crippen LogP contribution in [0.3, 0.4) is 0 Å². The lowest BCUT2D eigenvalue weighted by molar-refractivity contribution is -0.139. The van der Waals surface area contributed by atoms with Crippen LogP contribution in [0, 0.1) is 0 Å². The predicted octanol–water partition coefficient (Wildman–Crippen LogP) is 1.82. The third kappa shape index (κ3) is 5.80.